The van der Waals surface area contributed by atoms with Crippen LogP contribution in [0.25, 0.3) is 0 Å². The number of hydrogen-bond donors (Lipinski definition) is 1. The number of amides is 1. The van der Waals surface area contributed by atoms with Gasteiger partial charge in [0.05, 0.1) is 13.0 Å². The van der Waals surface area contributed by atoms with E-state index in [4.69, 9.17) is 4.74 Å². The highest BCUT2D eigenvalue weighted by Gasteiger charge is 2.42. The molecule has 0 radical (unpaired) electrons. The van der Waals surface area contributed by atoms with Gasteiger partial charge in [0.2, 0.25) is 5.91 Å². The van der Waals surface area contributed by atoms with Crippen molar-refractivity contribution in [1.82, 2.24) is 5.32 Å². The summed E-state index contributed by atoms with van der Waals surface area (Å²) in [6, 6.07) is 8.25. The first-order chi connectivity index (χ1) is 10.6. The molecule has 1 N–H and O–H groups in total. The SMILES string of the molecule is Cc1cccc(OCCC(=O)NC(C)C2CC3CCC2C3)c1. The molecular weight excluding hydrogens is 274 g/mol. The molecule has 2 fully saturated rings. The summed E-state index contributed by atoms with van der Waals surface area (Å²) in [6.45, 7) is 4.65. The van der Waals surface area contributed by atoms with Gasteiger partial charge < -0.3 is 10.1 Å². The van der Waals surface area contributed by atoms with Gasteiger partial charge in [0.15, 0.2) is 0 Å². The van der Waals surface area contributed by atoms with Crippen LogP contribution in [0.15, 0.2) is 24.3 Å². The highest BCUT2D eigenvalue weighted by molar-refractivity contribution is 5.76. The molecule has 4 atom stereocenters. The van der Waals surface area contributed by atoms with Gasteiger partial charge in [-0.2, -0.15) is 0 Å². The lowest BCUT2D eigenvalue weighted by Crippen LogP contribution is -2.40. The maximum absolute atomic E-state index is 12.1. The summed E-state index contributed by atoms with van der Waals surface area (Å²) in [5.41, 5.74) is 1.17. The summed E-state index contributed by atoms with van der Waals surface area (Å²) < 4.78 is 5.65. The van der Waals surface area contributed by atoms with Crippen LogP contribution in [-0.2, 0) is 4.79 Å². The first kappa shape index (κ1) is 15.4. The van der Waals surface area contributed by atoms with Gasteiger partial charge in [-0.05, 0) is 68.6 Å². The normalized spacial score (nSPS) is 27.6. The fraction of sp³-hybridized carbons (Fsp3) is 0.632. The van der Waals surface area contributed by atoms with E-state index >= 15 is 0 Å². The van der Waals surface area contributed by atoms with E-state index in [1.807, 2.05) is 31.2 Å². The van der Waals surface area contributed by atoms with Crippen molar-refractivity contribution >= 4 is 5.91 Å². The Morgan fingerprint density at radius 1 is 1.36 bits per heavy atom. The zero-order valence-corrected chi connectivity index (χ0v) is 13.7. The molecule has 1 amide bonds. The van der Waals surface area contributed by atoms with Gasteiger partial charge >= 0.3 is 0 Å². The molecule has 2 saturated carbocycles. The second-order valence-corrected chi connectivity index (χ2v) is 7.11. The van der Waals surface area contributed by atoms with Crippen molar-refractivity contribution in [3.63, 3.8) is 0 Å². The van der Waals surface area contributed by atoms with E-state index < -0.39 is 0 Å². The van der Waals surface area contributed by atoms with Gasteiger partial charge in [-0.3, -0.25) is 4.79 Å². The van der Waals surface area contributed by atoms with Crippen LogP contribution in [-0.4, -0.2) is 18.6 Å². The molecule has 2 aliphatic rings. The van der Waals surface area contributed by atoms with Crippen LogP contribution in [0.1, 0.15) is 44.6 Å². The van der Waals surface area contributed by atoms with Crippen molar-refractivity contribution in [2.75, 3.05) is 6.61 Å². The average molecular weight is 301 g/mol. The summed E-state index contributed by atoms with van der Waals surface area (Å²) in [4.78, 5) is 12.1. The van der Waals surface area contributed by atoms with Crippen molar-refractivity contribution in [2.24, 2.45) is 17.8 Å². The van der Waals surface area contributed by atoms with Gasteiger partial charge in [-0.1, -0.05) is 18.6 Å². The molecule has 0 heterocycles. The monoisotopic (exact) mass is 301 g/mol. The van der Waals surface area contributed by atoms with Gasteiger partial charge in [-0.25, -0.2) is 0 Å². The van der Waals surface area contributed by atoms with Crippen LogP contribution in [0.3, 0.4) is 0 Å². The smallest absolute Gasteiger partial charge is 0.223 e. The molecule has 22 heavy (non-hydrogen) atoms. The average Bonchev–Trinajstić information content (AvgIpc) is 3.10. The summed E-state index contributed by atoms with van der Waals surface area (Å²) in [7, 11) is 0. The molecule has 3 heteroatoms. The second kappa shape index (κ2) is 6.72. The lowest BCUT2D eigenvalue weighted by molar-refractivity contribution is -0.122. The number of hydrogen-bond acceptors (Lipinski definition) is 2. The quantitative estimate of drug-likeness (QED) is 0.870. The molecule has 4 unspecified atom stereocenters. The Bertz CT molecular complexity index is 528. The van der Waals surface area contributed by atoms with Crippen LogP contribution in [0, 0.1) is 24.7 Å². The van der Waals surface area contributed by atoms with Crippen LogP contribution >= 0.6 is 0 Å². The van der Waals surface area contributed by atoms with E-state index in [0.717, 1.165) is 17.6 Å². The first-order valence-electron chi connectivity index (χ1n) is 8.60. The maximum atomic E-state index is 12.1. The topological polar surface area (TPSA) is 38.3 Å². The molecule has 0 aromatic heterocycles. The van der Waals surface area contributed by atoms with Gasteiger partial charge in [-0.15, -0.1) is 0 Å². The van der Waals surface area contributed by atoms with E-state index in [1.165, 1.54) is 31.2 Å². The van der Waals surface area contributed by atoms with Gasteiger partial charge in [0.1, 0.15) is 5.75 Å². The number of rotatable bonds is 6. The Labute approximate surface area is 133 Å². The molecule has 0 spiro atoms. The highest BCUT2D eigenvalue weighted by atomic mass is 16.5. The Morgan fingerprint density at radius 2 is 2.23 bits per heavy atom. The predicted octanol–water partition coefficient (Wildman–Crippen LogP) is 3.70. The van der Waals surface area contributed by atoms with E-state index in [1.54, 1.807) is 0 Å². The number of ether oxygens (including phenoxy) is 1. The summed E-state index contributed by atoms with van der Waals surface area (Å²) in [6.07, 6.45) is 5.91. The number of benzene rings is 1. The Morgan fingerprint density at radius 3 is 2.91 bits per heavy atom. The Kier molecular flexibility index (Phi) is 4.70. The Hall–Kier alpha value is -1.51. The molecule has 1 aromatic rings. The summed E-state index contributed by atoms with van der Waals surface area (Å²) in [5.74, 6) is 3.43. The fourth-order valence-electron chi connectivity index (χ4n) is 4.31. The largest absolute Gasteiger partial charge is 0.493 e. The van der Waals surface area contributed by atoms with E-state index in [-0.39, 0.29) is 5.91 Å². The zero-order valence-electron chi connectivity index (χ0n) is 13.7. The standard InChI is InChI=1S/C19H27NO2/c1-13-4-3-5-17(10-13)22-9-8-19(21)20-14(2)18-12-15-6-7-16(18)11-15/h3-5,10,14-16,18H,6-9,11-12H2,1-2H3,(H,20,21). The minimum atomic E-state index is 0.114. The van der Waals surface area contributed by atoms with Crippen molar-refractivity contribution in [3.05, 3.63) is 29.8 Å². The van der Waals surface area contributed by atoms with Crippen molar-refractivity contribution in [2.45, 2.75) is 52.0 Å². The van der Waals surface area contributed by atoms with Crippen LogP contribution in [0.5, 0.6) is 5.75 Å². The molecule has 3 nitrogen and oxygen atoms in total. The third-order valence-corrected chi connectivity index (χ3v) is 5.41. The highest BCUT2D eigenvalue weighted by Crippen LogP contribution is 2.49. The van der Waals surface area contributed by atoms with E-state index in [2.05, 4.69) is 12.2 Å². The molecule has 3 rings (SSSR count). The minimum absolute atomic E-state index is 0.114. The van der Waals surface area contributed by atoms with E-state index in [0.29, 0.717) is 25.0 Å². The molecule has 1 aromatic carbocycles. The van der Waals surface area contributed by atoms with Crippen LogP contribution in [0.4, 0.5) is 0 Å². The van der Waals surface area contributed by atoms with Crippen molar-refractivity contribution in [1.29, 1.82) is 0 Å². The number of fused-ring (bicyclic) bond motifs is 2. The van der Waals surface area contributed by atoms with Gasteiger partial charge in [0, 0.05) is 6.04 Å². The molecule has 2 aliphatic carbocycles. The molecule has 120 valence electrons. The third kappa shape index (κ3) is 3.63. The lowest BCUT2D eigenvalue weighted by atomic mass is 9.84. The molecular formula is C19H27NO2. The number of carbonyl (C=O) groups excluding carboxylic acids is 1. The zero-order chi connectivity index (χ0) is 15.5. The van der Waals surface area contributed by atoms with Crippen LogP contribution < -0.4 is 10.1 Å². The fourth-order valence-corrected chi connectivity index (χ4v) is 4.31. The van der Waals surface area contributed by atoms with Crippen molar-refractivity contribution in [3.8, 4) is 5.75 Å². The summed E-state index contributed by atoms with van der Waals surface area (Å²) in [5, 5.41) is 3.19. The minimum Gasteiger partial charge on any atom is -0.493 e. The number of carbonyl (C=O) groups is 1. The van der Waals surface area contributed by atoms with Gasteiger partial charge in [0.25, 0.3) is 0 Å². The molecule has 0 aliphatic heterocycles. The maximum Gasteiger partial charge on any atom is 0.223 e. The number of nitrogens with one attached hydrogen (secondary N) is 1. The van der Waals surface area contributed by atoms with Crippen LogP contribution in [0.2, 0.25) is 0 Å². The first-order valence-corrected chi connectivity index (χ1v) is 8.60. The predicted molar refractivity (Wildman–Crippen MR) is 87.8 cm³/mol. The molecule has 0 saturated heterocycles. The van der Waals surface area contributed by atoms with Crippen molar-refractivity contribution < 1.29 is 9.53 Å². The number of aryl methyl sites for hydroxylation is 1. The second-order valence-electron chi connectivity index (χ2n) is 7.11. The van der Waals surface area contributed by atoms with E-state index in [9.17, 15) is 4.79 Å². The summed E-state index contributed by atoms with van der Waals surface area (Å²) >= 11 is 0. The Balaban J connectivity index is 1.39. The lowest BCUT2D eigenvalue weighted by Gasteiger charge is -2.28. The molecule has 2 bridgehead atoms. The third-order valence-electron chi connectivity index (χ3n) is 5.41.